The average Bonchev–Trinajstić information content (AvgIpc) is 2.96. The number of hydrogen-bond donors (Lipinski definition) is 7. The number of phenolic OH excluding ortho intramolecular Hbond substituents is 1. The molecule has 1 heterocycles. The van der Waals surface area contributed by atoms with Crippen molar-refractivity contribution in [2.45, 2.75) is 39.5 Å². The number of benzene rings is 3. The van der Waals surface area contributed by atoms with Crippen molar-refractivity contribution in [2.24, 2.45) is 5.73 Å². The molecule has 4 rings (SSSR count). The summed E-state index contributed by atoms with van der Waals surface area (Å²) in [6.45, 7) is 3.74. The quantitative estimate of drug-likeness (QED) is 0.0794. The third kappa shape index (κ3) is 7.76. The van der Waals surface area contributed by atoms with Crippen LogP contribution in [0.15, 0.2) is 77.7 Å². The van der Waals surface area contributed by atoms with Crippen molar-refractivity contribution in [1.82, 2.24) is 20.2 Å². The highest BCUT2D eigenvalue weighted by Gasteiger charge is 2.18. The molecule has 222 valence electrons. The first-order valence-electron chi connectivity index (χ1n) is 13.5. The molecule has 0 saturated carbocycles. The highest BCUT2D eigenvalue weighted by molar-refractivity contribution is 5.97. The Morgan fingerprint density at radius 3 is 2.40 bits per heavy atom. The Hall–Kier alpha value is -5.65. The van der Waals surface area contributed by atoms with Crippen LogP contribution in [0, 0.1) is 5.41 Å². The van der Waals surface area contributed by atoms with E-state index in [-0.39, 0.29) is 53.6 Å². The molecule has 0 saturated heterocycles. The van der Waals surface area contributed by atoms with Crippen LogP contribution in [0.1, 0.15) is 40.9 Å². The first-order chi connectivity index (χ1) is 20.5. The summed E-state index contributed by atoms with van der Waals surface area (Å²) >= 11 is 0. The van der Waals surface area contributed by atoms with Crippen LogP contribution in [0.5, 0.6) is 5.75 Å². The second kappa shape index (κ2) is 13.3. The van der Waals surface area contributed by atoms with Crippen molar-refractivity contribution < 1.29 is 14.7 Å². The fourth-order valence-electron chi connectivity index (χ4n) is 4.37. The number of amides is 2. The Morgan fingerprint density at radius 2 is 1.72 bits per heavy atom. The number of amidine groups is 1. The van der Waals surface area contributed by atoms with Gasteiger partial charge in [0, 0.05) is 35.9 Å². The molecule has 12 heteroatoms. The van der Waals surface area contributed by atoms with Crippen molar-refractivity contribution in [3.63, 3.8) is 0 Å². The lowest BCUT2D eigenvalue weighted by Crippen LogP contribution is -2.35. The van der Waals surface area contributed by atoms with E-state index in [1.807, 2.05) is 44.2 Å². The van der Waals surface area contributed by atoms with Gasteiger partial charge in [0.15, 0.2) is 5.82 Å². The average molecular weight is 583 g/mol. The molecule has 0 radical (unpaired) electrons. The maximum atomic E-state index is 13.5. The molecule has 1 aromatic heterocycles. The van der Waals surface area contributed by atoms with Gasteiger partial charge in [-0.1, -0.05) is 36.4 Å². The van der Waals surface area contributed by atoms with Crippen molar-refractivity contribution in [3.05, 3.63) is 106 Å². The van der Waals surface area contributed by atoms with Crippen LogP contribution in [-0.4, -0.2) is 38.3 Å². The number of anilines is 2. The van der Waals surface area contributed by atoms with Gasteiger partial charge in [-0.15, -0.1) is 0 Å². The predicted octanol–water partition coefficient (Wildman–Crippen LogP) is 2.55. The SMILES string of the molecule is CC(C)Nc1ncc(-c2cc(N)cc(C(=O)NCc3ccccc3)c2)n(CC(=O)NCc2ccc(C(=N)N)c(O)c2)c1=O. The third-order valence-corrected chi connectivity index (χ3v) is 6.43. The molecule has 0 aliphatic carbocycles. The molecule has 9 N–H and O–H groups in total. The van der Waals surface area contributed by atoms with Gasteiger partial charge >= 0.3 is 0 Å². The minimum atomic E-state index is -0.526. The van der Waals surface area contributed by atoms with Gasteiger partial charge in [-0.25, -0.2) is 4.98 Å². The van der Waals surface area contributed by atoms with E-state index in [0.717, 1.165) is 5.56 Å². The number of rotatable bonds is 11. The maximum absolute atomic E-state index is 13.5. The van der Waals surface area contributed by atoms with E-state index in [4.69, 9.17) is 16.9 Å². The van der Waals surface area contributed by atoms with Gasteiger partial charge in [-0.05, 0) is 55.3 Å². The van der Waals surface area contributed by atoms with Crippen LogP contribution in [-0.2, 0) is 24.4 Å². The summed E-state index contributed by atoms with van der Waals surface area (Å²) < 4.78 is 1.27. The van der Waals surface area contributed by atoms with Crippen LogP contribution < -0.4 is 33.0 Å². The monoisotopic (exact) mass is 582 g/mol. The van der Waals surface area contributed by atoms with Crippen molar-refractivity contribution in [1.29, 1.82) is 5.41 Å². The highest BCUT2D eigenvalue weighted by atomic mass is 16.3. The predicted molar refractivity (Wildman–Crippen MR) is 166 cm³/mol. The molecule has 0 aliphatic heterocycles. The lowest BCUT2D eigenvalue weighted by atomic mass is 10.1. The second-order valence-electron chi connectivity index (χ2n) is 10.2. The van der Waals surface area contributed by atoms with E-state index in [2.05, 4.69) is 20.9 Å². The molecule has 0 aliphatic rings. The summed E-state index contributed by atoms with van der Waals surface area (Å²) in [6.07, 6.45) is 1.46. The van der Waals surface area contributed by atoms with Crippen LogP contribution in [0.2, 0.25) is 0 Å². The summed E-state index contributed by atoms with van der Waals surface area (Å²) in [4.78, 5) is 43.9. The number of carbonyl (C=O) groups excluding carboxylic acids is 2. The Balaban J connectivity index is 1.61. The Bertz CT molecular complexity index is 1720. The molecule has 0 spiro atoms. The molecule has 4 aromatic rings. The molecule has 0 atom stereocenters. The molecule has 43 heavy (non-hydrogen) atoms. The van der Waals surface area contributed by atoms with Crippen LogP contribution in [0.25, 0.3) is 11.3 Å². The fraction of sp³-hybridized carbons (Fsp3) is 0.194. The molecular weight excluding hydrogens is 548 g/mol. The first-order valence-corrected chi connectivity index (χ1v) is 13.5. The zero-order valence-electron chi connectivity index (χ0n) is 23.8. The number of nitrogens with one attached hydrogen (secondary N) is 4. The zero-order chi connectivity index (χ0) is 31.1. The number of nitrogens with zero attached hydrogens (tertiary/aromatic N) is 2. The van der Waals surface area contributed by atoms with Crippen LogP contribution >= 0.6 is 0 Å². The molecule has 2 amide bonds. The highest BCUT2D eigenvalue weighted by Crippen LogP contribution is 2.24. The minimum absolute atomic E-state index is 0.0564. The van der Waals surface area contributed by atoms with E-state index in [1.54, 1.807) is 18.2 Å². The Morgan fingerprint density at radius 1 is 1.00 bits per heavy atom. The van der Waals surface area contributed by atoms with Gasteiger partial charge < -0.3 is 32.5 Å². The van der Waals surface area contributed by atoms with E-state index in [0.29, 0.717) is 29.1 Å². The Kier molecular flexibility index (Phi) is 9.40. The smallest absolute Gasteiger partial charge is 0.294 e. The van der Waals surface area contributed by atoms with Gasteiger partial charge in [-0.2, -0.15) is 0 Å². The van der Waals surface area contributed by atoms with Crippen molar-refractivity contribution in [3.8, 4) is 17.0 Å². The first kappa shape index (κ1) is 30.3. The van der Waals surface area contributed by atoms with Gasteiger partial charge in [0.2, 0.25) is 5.91 Å². The van der Waals surface area contributed by atoms with Gasteiger partial charge in [0.05, 0.1) is 17.5 Å². The fourth-order valence-corrected chi connectivity index (χ4v) is 4.37. The van der Waals surface area contributed by atoms with Gasteiger partial charge in [0.1, 0.15) is 18.1 Å². The van der Waals surface area contributed by atoms with Gasteiger partial charge in [0.25, 0.3) is 11.5 Å². The molecular formula is C31H34N8O4. The second-order valence-corrected chi connectivity index (χ2v) is 10.2. The number of hydrogen-bond acceptors (Lipinski definition) is 8. The molecule has 12 nitrogen and oxygen atoms in total. The summed E-state index contributed by atoms with van der Waals surface area (Å²) in [7, 11) is 0. The summed E-state index contributed by atoms with van der Waals surface area (Å²) in [5.74, 6) is -1.22. The molecule has 3 aromatic carbocycles. The number of phenols is 1. The van der Waals surface area contributed by atoms with Gasteiger partial charge in [-0.3, -0.25) is 24.4 Å². The van der Waals surface area contributed by atoms with E-state index < -0.39 is 11.5 Å². The normalized spacial score (nSPS) is 10.8. The van der Waals surface area contributed by atoms with E-state index in [1.165, 1.54) is 29.0 Å². The number of carbonyl (C=O) groups is 2. The zero-order valence-corrected chi connectivity index (χ0v) is 23.8. The number of aromatic nitrogens is 2. The minimum Gasteiger partial charge on any atom is -0.507 e. The van der Waals surface area contributed by atoms with Crippen LogP contribution in [0.4, 0.5) is 11.5 Å². The third-order valence-electron chi connectivity index (χ3n) is 6.43. The van der Waals surface area contributed by atoms with E-state index in [9.17, 15) is 19.5 Å². The molecule has 0 fully saturated rings. The molecule has 0 unspecified atom stereocenters. The summed E-state index contributed by atoms with van der Waals surface area (Å²) in [6, 6.07) is 18.6. The number of nitrogen functional groups attached to an aromatic ring is 2. The van der Waals surface area contributed by atoms with Crippen LogP contribution in [0.3, 0.4) is 0 Å². The summed E-state index contributed by atoms with van der Waals surface area (Å²) in [5, 5.41) is 26.2. The lowest BCUT2D eigenvalue weighted by molar-refractivity contribution is -0.121. The van der Waals surface area contributed by atoms with Crippen molar-refractivity contribution in [2.75, 3.05) is 11.1 Å². The number of nitrogens with two attached hydrogens (primary N) is 2. The van der Waals surface area contributed by atoms with E-state index >= 15 is 0 Å². The maximum Gasteiger partial charge on any atom is 0.294 e. The lowest BCUT2D eigenvalue weighted by Gasteiger charge is -2.17. The standard InChI is InChI=1S/C31H34N8O4/c1-18(2)38-29-31(43)39(17-27(41)35-15-20-8-9-24(28(33)34)26(40)10-20)25(16-36-29)21-11-22(13-23(32)12-21)30(42)37-14-19-6-4-3-5-7-19/h3-13,16,18,40H,14-15,17,32H2,1-2H3,(H3,33,34)(H,35,41)(H,36,38)(H,37,42). The summed E-state index contributed by atoms with van der Waals surface area (Å²) in [5.41, 5.74) is 14.1. The molecule has 0 bridgehead atoms. The van der Waals surface area contributed by atoms with Crippen molar-refractivity contribution >= 4 is 29.2 Å². The largest absolute Gasteiger partial charge is 0.507 e. The number of aromatic hydroxyl groups is 1. The Labute approximate surface area is 248 Å². The topological polar surface area (TPSA) is 201 Å².